The van der Waals surface area contributed by atoms with Crippen LogP contribution in [0.25, 0.3) is 5.69 Å². The average molecular weight is 503 g/mol. The Morgan fingerprint density at radius 1 is 1.06 bits per heavy atom. The van der Waals surface area contributed by atoms with Crippen LogP contribution in [-0.2, 0) is 11.0 Å². The molecule has 0 aliphatic rings. The van der Waals surface area contributed by atoms with Gasteiger partial charge in [0.1, 0.15) is 0 Å². The molecule has 2 amide bonds. The first-order chi connectivity index (χ1) is 16.9. The lowest BCUT2D eigenvalue weighted by molar-refractivity contribution is -0.137. The molecule has 1 heterocycles. The van der Waals surface area contributed by atoms with Gasteiger partial charge in [-0.1, -0.05) is 26.0 Å². The predicted octanol–water partition coefficient (Wildman–Crippen LogP) is 5.26. The number of benzene rings is 2. The number of alkyl halides is 3. The van der Waals surface area contributed by atoms with Crippen molar-refractivity contribution in [3.63, 3.8) is 0 Å². The van der Waals surface area contributed by atoms with Crippen LogP contribution in [0, 0.1) is 5.92 Å². The standard InChI is InChI=1S/C24H24F3N5O4/c1-14(2)12-29-18-10-20(31-23(35)36)19(9-17(18)24(25,26)27)30-22(34)11-21(33)15-4-3-5-16(8-15)32-7-6-28-13-32/h3-10,13-14,29,31H,11-12H2,1-2H3,(H,30,34)(H,35,36). The maximum Gasteiger partial charge on any atom is 0.418 e. The van der Waals surface area contributed by atoms with E-state index in [1.165, 1.54) is 12.4 Å². The van der Waals surface area contributed by atoms with Crippen LogP contribution < -0.4 is 16.0 Å². The van der Waals surface area contributed by atoms with Gasteiger partial charge < -0.3 is 20.3 Å². The van der Waals surface area contributed by atoms with Crippen molar-refractivity contribution in [1.82, 2.24) is 9.55 Å². The molecule has 0 spiro atoms. The molecule has 2 aromatic carbocycles. The third-order valence-electron chi connectivity index (χ3n) is 4.97. The van der Waals surface area contributed by atoms with E-state index in [-0.39, 0.29) is 29.4 Å². The normalized spacial score (nSPS) is 11.3. The van der Waals surface area contributed by atoms with Gasteiger partial charge in [0.15, 0.2) is 5.78 Å². The lowest BCUT2D eigenvalue weighted by atomic mass is 10.1. The van der Waals surface area contributed by atoms with E-state index in [1.54, 1.807) is 49.0 Å². The topological polar surface area (TPSA) is 125 Å². The second-order valence-corrected chi connectivity index (χ2v) is 8.31. The average Bonchev–Trinajstić information content (AvgIpc) is 3.33. The Morgan fingerprint density at radius 3 is 2.39 bits per heavy atom. The number of carbonyl (C=O) groups excluding carboxylic acids is 2. The highest BCUT2D eigenvalue weighted by Crippen LogP contribution is 2.40. The summed E-state index contributed by atoms with van der Waals surface area (Å²) in [5.41, 5.74) is -1.29. The summed E-state index contributed by atoms with van der Waals surface area (Å²) < 4.78 is 42.8. The van der Waals surface area contributed by atoms with Gasteiger partial charge in [0.05, 0.1) is 29.7 Å². The minimum Gasteiger partial charge on any atom is -0.465 e. The van der Waals surface area contributed by atoms with E-state index in [2.05, 4.69) is 15.6 Å². The van der Waals surface area contributed by atoms with Crippen molar-refractivity contribution in [2.24, 2.45) is 5.92 Å². The Balaban J connectivity index is 1.85. The molecule has 0 atom stereocenters. The summed E-state index contributed by atoms with van der Waals surface area (Å²) in [6.07, 6.45) is -2.23. The molecule has 0 saturated heterocycles. The van der Waals surface area contributed by atoms with Gasteiger partial charge in [-0.15, -0.1) is 0 Å². The van der Waals surface area contributed by atoms with Crippen LogP contribution in [0.3, 0.4) is 0 Å². The van der Waals surface area contributed by atoms with Gasteiger partial charge in [0.2, 0.25) is 5.91 Å². The Morgan fingerprint density at radius 2 is 1.78 bits per heavy atom. The van der Waals surface area contributed by atoms with Crippen LogP contribution in [0.4, 0.5) is 35.0 Å². The number of halogens is 3. The van der Waals surface area contributed by atoms with Gasteiger partial charge >= 0.3 is 12.3 Å². The first kappa shape index (κ1) is 26.3. The van der Waals surface area contributed by atoms with Crippen LogP contribution in [0.1, 0.15) is 36.2 Å². The Bertz CT molecular complexity index is 1260. The molecular weight excluding hydrogens is 479 g/mol. The Labute approximate surface area is 204 Å². The highest BCUT2D eigenvalue weighted by molar-refractivity contribution is 6.12. The molecule has 4 N–H and O–H groups in total. The van der Waals surface area contributed by atoms with E-state index in [0.29, 0.717) is 11.8 Å². The van der Waals surface area contributed by atoms with Gasteiger partial charge in [-0.05, 0) is 30.2 Å². The quantitative estimate of drug-likeness (QED) is 0.233. The van der Waals surface area contributed by atoms with E-state index in [9.17, 15) is 27.6 Å². The monoisotopic (exact) mass is 503 g/mol. The molecule has 1 aromatic heterocycles. The lowest BCUT2D eigenvalue weighted by Crippen LogP contribution is -2.21. The molecular formula is C24H24F3N5O4. The van der Waals surface area contributed by atoms with Crippen molar-refractivity contribution in [3.8, 4) is 5.69 Å². The summed E-state index contributed by atoms with van der Waals surface area (Å²) in [6, 6.07) is 8.00. The summed E-state index contributed by atoms with van der Waals surface area (Å²) in [5.74, 6) is -1.47. The number of carbonyl (C=O) groups is 3. The largest absolute Gasteiger partial charge is 0.465 e. The SMILES string of the molecule is CC(C)CNc1cc(NC(=O)O)c(NC(=O)CC(=O)c2cccc(-n3ccnc3)c2)cc1C(F)(F)F. The highest BCUT2D eigenvalue weighted by Gasteiger charge is 2.35. The number of hydrogen-bond acceptors (Lipinski definition) is 5. The molecule has 3 aromatic rings. The van der Waals surface area contributed by atoms with Crippen molar-refractivity contribution >= 4 is 34.8 Å². The number of carboxylic acid groups (broad SMARTS) is 1. The van der Waals surface area contributed by atoms with Crippen molar-refractivity contribution < 1.29 is 32.7 Å². The number of amides is 2. The fourth-order valence-electron chi connectivity index (χ4n) is 3.31. The van der Waals surface area contributed by atoms with E-state index in [0.717, 1.165) is 6.07 Å². The van der Waals surface area contributed by atoms with Crippen molar-refractivity contribution in [2.45, 2.75) is 26.4 Å². The van der Waals surface area contributed by atoms with Gasteiger partial charge in [-0.3, -0.25) is 14.9 Å². The van der Waals surface area contributed by atoms with Gasteiger partial charge in [0, 0.05) is 35.9 Å². The summed E-state index contributed by atoms with van der Waals surface area (Å²) in [4.78, 5) is 40.4. The first-order valence-electron chi connectivity index (χ1n) is 10.8. The smallest absolute Gasteiger partial charge is 0.418 e. The fraction of sp³-hybridized carbons (Fsp3) is 0.250. The molecule has 9 nitrogen and oxygen atoms in total. The number of nitrogens with one attached hydrogen (secondary N) is 3. The maximum absolute atomic E-state index is 13.7. The number of nitrogens with zero attached hydrogens (tertiary/aromatic N) is 2. The lowest BCUT2D eigenvalue weighted by Gasteiger charge is -2.20. The van der Waals surface area contributed by atoms with E-state index in [1.807, 2.05) is 5.32 Å². The molecule has 0 saturated carbocycles. The molecule has 0 unspecified atom stereocenters. The second kappa shape index (κ2) is 10.9. The molecule has 0 bridgehead atoms. The fourth-order valence-corrected chi connectivity index (χ4v) is 3.31. The van der Waals surface area contributed by atoms with Crippen LogP contribution in [0.15, 0.2) is 55.1 Å². The zero-order chi connectivity index (χ0) is 26.5. The number of aromatic nitrogens is 2. The van der Waals surface area contributed by atoms with E-state index >= 15 is 0 Å². The number of hydrogen-bond donors (Lipinski definition) is 4. The van der Waals surface area contributed by atoms with Crippen molar-refractivity contribution in [2.75, 3.05) is 22.5 Å². The third-order valence-corrected chi connectivity index (χ3v) is 4.97. The van der Waals surface area contributed by atoms with Crippen molar-refractivity contribution in [3.05, 3.63) is 66.2 Å². The van der Waals surface area contributed by atoms with Crippen LogP contribution in [0.2, 0.25) is 0 Å². The zero-order valence-corrected chi connectivity index (χ0v) is 19.4. The molecule has 36 heavy (non-hydrogen) atoms. The highest BCUT2D eigenvalue weighted by atomic mass is 19.4. The third kappa shape index (κ3) is 6.84. The molecule has 190 valence electrons. The Kier molecular flexibility index (Phi) is 7.97. The minimum atomic E-state index is -4.79. The van der Waals surface area contributed by atoms with Crippen molar-refractivity contribution in [1.29, 1.82) is 0 Å². The maximum atomic E-state index is 13.7. The molecule has 0 aliphatic carbocycles. The van der Waals surface area contributed by atoms with Gasteiger partial charge in [-0.2, -0.15) is 13.2 Å². The Hall–Kier alpha value is -4.35. The number of rotatable bonds is 9. The molecule has 0 aliphatic heterocycles. The van der Waals surface area contributed by atoms with Crippen LogP contribution in [0.5, 0.6) is 0 Å². The summed E-state index contributed by atoms with van der Waals surface area (Å²) in [5, 5.41) is 16.0. The van der Waals surface area contributed by atoms with E-state index in [4.69, 9.17) is 5.11 Å². The minimum absolute atomic E-state index is 0.0136. The molecule has 3 rings (SSSR count). The number of ketones is 1. The van der Waals surface area contributed by atoms with Crippen LogP contribution in [-0.4, -0.2) is 39.0 Å². The summed E-state index contributed by atoms with van der Waals surface area (Å²) >= 11 is 0. The zero-order valence-electron chi connectivity index (χ0n) is 19.4. The molecule has 0 radical (unpaired) electrons. The second-order valence-electron chi connectivity index (χ2n) is 8.31. The molecule has 12 heteroatoms. The number of anilines is 3. The predicted molar refractivity (Wildman–Crippen MR) is 128 cm³/mol. The molecule has 0 fully saturated rings. The number of Topliss-reactive ketones (excluding diaryl/α,β-unsaturated/α-hetero) is 1. The number of imidazole rings is 1. The van der Waals surface area contributed by atoms with E-state index < -0.39 is 41.6 Å². The van der Waals surface area contributed by atoms with Gasteiger partial charge in [-0.25, -0.2) is 9.78 Å². The summed E-state index contributed by atoms with van der Waals surface area (Å²) in [6.45, 7) is 3.80. The summed E-state index contributed by atoms with van der Waals surface area (Å²) in [7, 11) is 0. The first-order valence-corrected chi connectivity index (χ1v) is 10.8. The van der Waals surface area contributed by atoms with Crippen LogP contribution >= 0.6 is 0 Å². The van der Waals surface area contributed by atoms with Gasteiger partial charge in [0.25, 0.3) is 0 Å².